The third kappa shape index (κ3) is 4.34. The number of anilines is 1. The number of carbonyl (C=O) groups is 2. The molecule has 0 heterocycles. The molecule has 1 aromatic carbocycles. The minimum Gasteiger partial charge on any atom is -0.456 e. The number of esters is 1. The first-order valence-electron chi connectivity index (χ1n) is 5.11. The van der Waals surface area contributed by atoms with E-state index < -0.39 is 11.9 Å². The fraction of sp³-hybridized carbons (Fsp3) is 0.250. The van der Waals surface area contributed by atoms with Gasteiger partial charge in [-0.05, 0) is 24.3 Å². The molecule has 0 aliphatic rings. The number of ether oxygens (including phenoxy) is 1. The third-order valence-corrected chi connectivity index (χ3v) is 1.95. The van der Waals surface area contributed by atoms with E-state index in [1.54, 1.807) is 31.2 Å². The number of rotatable bonds is 4. The molecule has 1 amide bonds. The van der Waals surface area contributed by atoms with Gasteiger partial charge in [0.2, 0.25) is 0 Å². The number of hydrogen-bond acceptors (Lipinski definition) is 4. The number of nitriles is 1. The first kappa shape index (κ1) is 12.7. The Morgan fingerprint density at radius 2 is 2.00 bits per heavy atom. The van der Waals surface area contributed by atoms with Crippen LogP contribution in [0, 0.1) is 11.3 Å². The third-order valence-electron chi connectivity index (χ3n) is 1.95. The van der Waals surface area contributed by atoms with Crippen LogP contribution in [0.5, 0.6) is 0 Å². The van der Waals surface area contributed by atoms with Crippen LogP contribution in [0.25, 0.3) is 0 Å². The Morgan fingerprint density at radius 3 is 2.53 bits per heavy atom. The second kappa shape index (κ2) is 6.28. The molecule has 0 radical (unpaired) electrons. The van der Waals surface area contributed by atoms with Crippen molar-refractivity contribution in [1.29, 1.82) is 5.26 Å². The van der Waals surface area contributed by atoms with Crippen LogP contribution in [0.2, 0.25) is 0 Å². The van der Waals surface area contributed by atoms with Gasteiger partial charge in [0, 0.05) is 12.1 Å². The highest BCUT2D eigenvalue weighted by Crippen LogP contribution is 2.08. The van der Waals surface area contributed by atoms with Crippen LogP contribution in [-0.4, -0.2) is 18.5 Å². The van der Waals surface area contributed by atoms with Crippen molar-refractivity contribution in [2.45, 2.75) is 13.3 Å². The van der Waals surface area contributed by atoms with Gasteiger partial charge in [0.15, 0.2) is 6.61 Å². The largest absolute Gasteiger partial charge is 0.456 e. The maximum atomic E-state index is 11.3. The molecule has 0 aromatic heterocycles. The highest BCUT2D eigenvalue weighted by atomic mass is 16.5. The van der Waals surface area contributed by atoms with Crippen molar-refractivity contribution in [2.75, 3.05) is 11.9 Å². The average molecular weight is 232 g/mol. The van der Waals surface area contributed by atoms with Crippen molar-refractivity contribution in [3.05, 3.63) is 29.8 Å². The van der Waals surface area contributed by atoms with Crippen molar-refractivity contribution in [3.63, 3.8) is 0 Å². The maximum Gasteiger partial charge on any atom is 0.306 e. The van der Waals surface area contributed by atoms with Crippen LogP contribution in [0.15, 0.2) is 24.3 Å². The van der Waals surface area contributed by atoms with Crippen LogP contribution >= 0.6 is 0 Å². The van der Waals surface area contributed by atoms with Crippen LogP contribution in [0.1, 0.15) is 18.9 Å². The Morgan fingerprint density at radius 1 is 1.35 bits per heavy atom. The van der Waals surface area contributed by atoms with E-state index in [1.807, 2.05) is 6.07 Å². The first-order chi connectivity index (χ1) is 8.15. The van der Waals surface area contributed by atoms with Gasteiger partial charge in [-0.3, -0.25) is 9.59 Å². The smallest absolute Gasteiger partial charge is 0.306 e. The van der Waals surface area contributed by atoms with Crippen molar-refractivity contribution in [1.82, 2.24) is 0 Å². The van der Waals surface area contributed by atoms with E-state index in [-0.39, 0.29) is 13.0 Å². The van der Waals surface area contributed by atoms with Gasteiger partial charge >= 0.3 is 5.97 Å². The first-order valence-corrected chi connectivity index (χ1v) is 5.11. The highest BCUT2D eigenvalue weighted by Gasteiger charge is 2.05. The number of hydrogen-bond donors (Lipinski definition) is 1. The Labute approximate surface area is 99.0 Å². The van der Waals surface area contributed by atoms with Crippen molar-refractivity contribution < 1.29 is 14.3 Å². The lowest BCUT2D eigenvalue weighted by Gasteiger charge is -2.05. The predicted molar refractivity (Wildman–Crippen MR) is 61.0 cm³/mol. The van der Waals surface area contributed by atoms with E-state index in [1.165, 1.54) is 0 Å². The van der Waals surface area contributed by atoms with Crippen LogP contribution in [-0.2, 0) is 14.3 Å². The van der Waals surface area contributed by atoms with Gasteiger partial charge in [0.25, 0.3) is 5.91 Å². The Hall–Kier alpha value is -2.35. The molecule has 5 heteroatoms. The number of carbonyl (C=O) groups excluding carboxylic acids is 2. The molecular weight excluding hydrogens is 220 g/mol. The van der Waals surface area contributed by atoms with Gasteiger partial charge in [0.05, 0.1) is 11.6 Å². The number of nitrogens with one attached hydrogen (secondary N) is 1. The van der Waals surface area contributed by atoms with Gasteiger partial charge in [-0.1, -0.05) is 6.92 Å². The fourth-order valence-corrected chi connectivity index (χ4v) is 1.07. The van der Waals surface area contributed by atoms with Crippen molar-refractivity contribution >= 4 is 17.6 Å². The van der Waals surface area contributed by atoms with Crippen LogP contribution in [0.4, 0.5) is 5.69 Å². The zero-order valence-electron chi connectivity index (χ0n) is 9.40. The zero-order valence-corrected chi connectivity index (χ0v) is 9.40. The van der Waals surface area contributed by atoms with Gasteiger partial charge in [0.1, 0.15) is 0 Å². The Balaban J connectivity index is 2.45. The fourth-order valence-electron chi connectivity index (χ4n) is 1.07. The van der Waals surface area contributed by atoms with Crippen LogP contribution < -0.4 is 5.32 Å². The molecule has 0 saturated heterocycles. The lowest BCUT2D eigenvalue weighted by Crippen LogP contribution is -2.20. The lowest BCUT2D eigenvalue weighted by atomic mass is 10.2. The summed E-state index contributed by atoms with van der Waals surface area (Å²) in [6.07, 6.45) is 0.240. The summed E-state index contributed by atoms with van der Waals surface area (Å²) in [5.74, 6) is -0.823. The minimum atomic E-state index is -0.417. The second-order valence-electron chi connectivity index (χ2n) is 3.25. The number of benzene rings is 1. The van der Waals surface area contributed by atoms with E-state index in [2.05, 4.69) is 10.1 Å². The van der Waals surface area contributed by atoms with Gasteiger partial charge in [-0.25, -0.2) is 0 Å². The highest BCUT2D eigenvalue weighted by molar-refractivity contribution is 5.92. The Kier molecular flexibility index (Phi) is 4.70. The molecule has 0 saturated carbocycles. The molecular formula is C12H12N2O3. The molecule has 1 rings (SSSR count). The van der Waals surface area contributed by atoms with Gasteiger partial charge in [-0.15, -0.1) is 0 Å². The molecule has 0 spiro atoms. The summed E-state index contributed by atoms with van der Waals surface area (Å²) in [4.78, 5) is 22.1. The van der Waals surface area contributed by atoms with E-state index in [4.69, 9.17) is 5.26 Å². The number of nitrogens with zero attached hydrogens (tertiary/aromatic N) is 1. The van der Waals surface area contributed by atoms with E-state index in [0.717, 1.165) is 0 Å². The van der Waals surface area contributed by atoms with E-state index in [0.29, 0.717) is 11.3 Å². The standard InChI is InChI=1S/C12H12N2O3/c1-2-12(16)17-8-11(15)14-10-5-3-9(7-13)4-6-10/h3-6H,2,8H2,1H3,(H,14,15). The predicted octanol–water partition coefficient (Wildman–Crippen LogP) is 1.45. The van der Waals surface area contributed by atoms with Crippen LogP contribution in [0.3, 0.4) is 0 Å². The molecule has 5 nitrogen and oxygen atoms in total. The monoisotopic (exact) mass is 232 g/mol. The molecule has 17 heavy (non-hydrogen) atoms. The average Bonchev–Trinajstić information content (AvgIpc) is 2.36. The number of amides is 1. The maximum absolute atomic E-state index is 11.3. The molecule has 1 aromatic rings. The van der Waals surface area contributed by atoms with Crippen molar-refractivity contribution in [3.8, 4) is 6.07 Å². The minimum absolute atomic E-state index is 0.240. The summed E-state index contributed by atoms with van der Waals surface area (Å²) < 4.78 is 4.67. The van der Waals surface area contributed by atoms with Gasteiger partial charge in [-0.2, -0.15) is 5.26 Å². The summed E-state index contributed by atoms with van der Waals surface area (Å²) >= 11 is 0. The van der Waals surface area contributed by atoms with Crippen molar-refractivity contribution in [2.24, 2.45) is 0 Å². The molecule has 0 unspecified atom stereocenters. The molecule has 1 N–H and O–H groups in total. The Bertz CT molecular complexity index is 446. The summed E-state index contributed by atoms with van der Waals surface area (Å²) in [5.41, 5.74) is 1.07. The quantitative estimate of drug-likeness (QED) is 0.797. The SMILES string of the molecule is CCC(=O)OCC(=O)Nc1ccc(C#N)cc1. The van der Waals surface area contributed by atoms with Gasteiger partial charge < -0.3 is 10.1 Å². The zero-order chi connectivity index (χ0) is 12.7. The topological polar surface area (TPSA) is 79.2 Å². The summed E-state index contributed by atoms with van der Waals surface area (Å²) in [5, 5.41) is 11.1. The molecule has 0 aliphatic carbocycles. The lowest BCUT2D eigenvalue weighted by molar-refractivity contribution is -0.146. The molecule has 0 aliphatic heterocycles. The molecule has 0 atom stereocenters. The van der Waals surface area contributed by atoms with E-state index in [9.17, 15) is 9.59 Å². The van der Waals surface area contributed by atoms with E-state index >= 15 is 0 Å². The summed E-state index contributed by atoms with van der Waals surface area (Å²) in [6, 6.07) is 8.37. The molecule has 0 fully saturated rings. The summed E-state index contributed by atoms with van der Waals surface area (Å²) in [6.45, 7) is 1.35. The summed E-state index contributed by atoms with van der Waals surface area (Å²) in [7, 11) is 0. The molecule has 88 valence electrons. The molecule has 0 bridgehead atoms. The normalized spacial score (nSPS) is 9.18. The second-order valence-corrected chi connectivity index (χ2v) is 3.25.